The van der Waals surface area contributed by atoms with Crippen molar-refractivity contribution >= 4 is 11.9 Å². The summed E-state index contributed by atoms with van der Waals surface area (Å²) in [4.78, 5) is 32.3. The van der Waals surface area contributed by atoms with Crippen LogP contribution < -0.4 is 5.48 Å². The summed E-state index contributed by atoms with van der Waals surface area (Å²) >= 11 is 0. The normalized spacial score (nSPS) is 21.3. The van der Waals surface area contributed by atoms with Crippen molar-refractivity contribution in [1.82, 2.24) is 10.4 Å². The van der Waals surface area contributed by atoms with Gasteiger partial charge >= 0.3 is 5.97 Å². The number of nitrogens with zero attached hydrogens (tertiary/aromatic N) is 1. The highest BCUT2D eigenvalue weighted by Gasteiger charge is 2.61. The van der Waals surface area contributed by atoms with Gasteiger partial charge in [0.25, 0.3) is 0 Å². The van der Waals surface area contributed by atoms with Gasteiger partial charge < -0.3 is 14.8 Å². The molecule has 2 N–H and O–H groups in total. The molecule has 29 heavy (non-hydrogen) atoms. The fourth-order valence-electron chi connectivity index (χ4n) is 3.88. The summed E-state index contributed by atoms with van der Waals surface area (Å²) < 4.78 is 0. The van der Waals surface area contributed by atoms with E-state index in [4.69, 9.17) is 4.84 Å². The Morgan fingerprint density at radius 2 is 1.69 bits per heavy atom. The van der Waals surface area contributed by atoms with Crippen molar-refractivity contribution in [2.75, 3.05) is 19.6 Å². The molecular formula is C23H28N2O4. The van der Waals surface area contributed by atoms with E-state index in [1.165, 1.54) is 0 Å². The number of amides is 1. The van der Waals surface area contributed by atoms with E-state index in [2.05, 4.69) is 5.48 Å². The van der Waals surface area contributed by atoms with Crippen LogP contribution in [0.15, 0.2) is 60.7 Å². The molecular weight excluding hydrogens is 368 g/mol. The van der Waals surface area contributed by atoms with Gasteiger partial charge in [-0.1, -0.05) is 60.7 Å². The van der Waals surface area contributed by atoms with Gasteiger partial charge in [-0.15, -0.1) is 0 Å². The highest BCUT2D eigenvalue weighted by atomic mass is 16.7. The predicted octanol–water partition coefficient (Wildman–Crippen LogP) is 2.59. The second kappa shape index (κ2) is 9.20. The third kappa shape index (κ3) is 4.33. The van der Waals surface area contributed by atoms with Crippen LogP contribution in [0.1, 0.15) is 37.5 Å². The molecule has 2 aromatic carbocycles. The maximum atomic E-state index is 13.2. The van der Waals surface area contributed by atoms with Gasteiger partial charge in [-0.25, -0.2) is 4.79 Å². The lowest BCUT2D eigenvalue weighted by Crippen LogP contribution is -2.41. The summed E-state index contributed by atoms with van der Waals surface area (Å²) in [5, 5.41) is 10.1. The minimum atomic E-state index is -1.35. The summed E-state index contributed by atoms with van der Waals surface area (Å²) in [5.41, 5.74) is 3.54. The molecule has 0 saturated heterocycles. The van der Waals surface area contributed by atoms with Crippen molar-refractivity contribution in [2.45, 2.75) is 31.8 Å². The zero-order valence-electron chi connectivity index (χ0n) is 16.9. The van der Waals surface area contributed by atoms with E-state index >= 15 is 0 Å². The molecule has 0 aliphatic heterocycles. The molecule has 1 saturated carbocycles. The van der Waals surface area contributed by atoms with Crippen molar-refractivity contribution in [3.05, 3.63) is 71.8 Å². The van der Waals surface area contributed by atoms with Crippen LogP contribution in [0.5, 0.6) is 0 Å². The highest BCUT2D eigenvalue weighted by Crippen LogP contribution is 2.55. The molecule has 0 unspecified atom stereocenters. The number of benzene rings is 2. The number of hydroxylamine groups is 1. The molecule has 3 atom stereocenters. The molecule has 3 rings (SSSR count). The fourth-order valence-corrected chi connectivity index (χ4v) is 3.88. The lowest BCUT2D eigenvalue weighted by Gasteiger charge is -2.26. The quantitative estimate of drug-likeness (QED) is 0.637. The number of aliphatic hydroxyl groups is 1. The minimum Gasteiger partial charge on any atom is -0.377 e. The Bertz CT molecular complexity index is 823. The molecule has 1 fully saturated rings. The first kappa shape index (κ1) is 21.0. The number of carbonyl (C=O) groups is 2. The number of hydrogen-bond donors (Lipinski definition) is 2. The molecule has 0 bridgehead atoms. The van der Waals surface area contributed by atoms with E-state index in [-0.39, 0.29) is 11.8 Å². The Balaban J connectivity index is 1.63. The maximum absolute atomic E-state index is 13.2. The number of aliphatic hydroxyl groups excluding tert-OH is 1. The highest BCUT2D eigenvalue weighted by molar-refractivity contribution is 5.92. The Labute approximate surface area is 171 Å². The van der Waals surface area contributed by atoms with Gasteiger partial charge in [-0.2, -0.15) is 5.48 Å². The molecule has 0 spiro atoms. The minimum absolute atomic E-state index is 0.0136. The Hall–Kier alpha value is -2.70. The first-order valence-corrected chi connectivity index (χ1v) is 10.1. The zero-order valence-corrected chi connectivity index (χ0v) is 16.9. The number of likely N-dealkylation sites (N-methyl/N-ethyl adjacent to an activating group) is 1. The average Bonchev–Trinajstić information content (AvgIpc) is 3.50. The monoisotopic (exact) mass is 396 g/mol. The van der Waals surface area contributed by atoms with Crippen LogP contribution in [0.3, 0.4) is 0 Å². The standard InChI is InChI=1S/C23H28N2O4/c1-3-25(4-2)22(28)23(18-13-9-6-10-14-18)15-19(23)16-24-29-21(27)20(26)17-11-7-5-8-12-17/h5-14,19-20,24,26H,3-4,15-16H2,1-2H3/t19-,20-,23+/m0/s1. The molecule has 0 heterocycles. The van der Waals surface area contributed by atoms with Crippen LogP contribution in [-0.4, -0.2) is 41.5 Å². The summed E-state index contributed by atoms with van der Waals surface area (Å²) in [6.45, 7) is 5.60. The summed E-state index contributed by atoms with van der Waals surface area (Å²) in [7, 11) is 0. The van der Waals surface area contributed by atoms with Crippen molar-refractivity contribution in [1.29, 1.82) is 0 Å². The van der Waals surface area contributed by atoms with Gasteiger partial charge in [-0.3, -0.25) is 4.79 Å². The lowest BCUT2D eigenvalue weighted by atomic mass is 9.91. The number of carbonyl (C=O) groups excluding carboxylic acids is 2. The molecule has 6 heteroatoms. The third-order valence-corrected chi connectivity index (χ3v) is 5.67. The molecule has 0 aromatic heterocycles. The molecule has 2 aromatic rings. The Morgan fingerprint density at radius 3 is 2.28 bits per heavy atom. The number of nitrogens with one attached hydrogen (secondary N) is 1. The first-order valence-electron chi connectivity index (χ1n) is 10.1. The van der Waals surface area contributed by atoms with E-state index in [1.807, 2.05) is 55.1 Å². The average molecular weight is 396 g/mol. The van der Waals surface area contributed by atoms with Crippen LogP contribution in [0.4, 0.5) is 0 Å². The SMILES string of the molecule is CCN(CC)C(=O)[C@@]1(c2ccccc2)C[C@H]1CNOC(=O)[C@@H](O)c1ccccc1. The topological polar surface area (TPSA) is 78.9 Å². The maximum Gasteiger partial charge on any atom is 0.358 e. The van der Waals surface area contributed by atoms with Crippen molar-refractivity contribution in [2.24, 2.45) is 5.92 Å². The van der Waals surface area contributed by atoms with Gasteiger partial charge in [0.2, 0.25) is 5.91 Å². The zero-order chi connectivity index (χ0) is 20.9. The van der Waals surface area contributed by atoms with E-state index in [0.29, 0.717) is 31.6 Å². The third-order valence-electron chi connectivity index (χ3n) is 5.67. The van der Waals surface area contributed by atoms with Gasteiger partial charge in [-0.05, 0) is 37.3 Å². The predicted molar refractivity (Wildman–Crippen MR) is 110 cm³/mol. The van der Waals surface area contributed by atoms with Gasteiger partial charge in [0, 0.05) is 19.6 Å². The number of rotatable bonds is 9. The summed E-state index contributed by atoms with van der Waals surface area (Å²) in [5.74, 6) is -0.645. The largest absolute Gasteiger partial charge is 0.377 e. The van der Waals surface area contributed by atoms with Crippen molar-refractivity contribution < 1.29 is 19.5 Å². The summed E-state index contributed by atoms with van der Waals surface area (Å²) in [6, 6.07) is 18.4. The number of hydrogen-bond acceptors (Lipinski definition) is 5. The van der Waals surface area contributed by atoms with E-state index < -0.39 is 17.5 Å². The van der Waals surface area contributed by atoms with Gasteiger partial charge in [0.15, 0.2) is 6.10 Å². The van der Waals surface area contributed by atoms with Crippen LogP contribution in [-0.2, 0) is 19.8 Å². The van der Waals surface area contributed by atoms with Gasteiger partial charge in [0.05, 0.1) is 5.41 Å². The van der Waals surface area contributed by atoms with Crippen molar-refractivity contribution in [3.63, 3.8) is 0 Å². The van der Waals surface area contributed by atoms with Gasteiger partial charge in [0.1, 0.15) is 0 Å². The molecule has 6 nitrogen and oxygen atoms in total. The van der Waals surface area contributed by atoms with Crippen LogP contribution in [0.25, 0.3) is 0 Å². The second-order valence-electron chi connectivity index (χ2n) is 7.30. The molecule has 154 valence electrons. The second-order valence-corrected chi connectivity index (χ2v) is 7.30. The lowest BCUT2D eigenvalue weighted by molar-refractivity contribution is -0.161. The molecule has 0 radical (unpaired) electrons. The Kier molecular flexibility index (Phi) is 6.67. The van der Waals surface area contributed by atoms with Crippen molar-refractivity contribution in [3.8, 4) is 0 Å². The fraction of sp³-hybridized carbons (Fsp3) is 0.391. The van der Waals surface area contributed by atoms with E-state index in [0.717, 1.165) is 5.56 Å². The van der Waals surface area contributed by atoms with Crippen LogP contribution in [0.2, 0.25) is 0 Å². The smallest absolute Gasteiger partial charge is 0.358 e. The van der Waals surface area contributed by atoms with Crippen LogP contribution in [0, 0.1) is 5.92 Å². The molecule has 1 aliphatic carbocycles. The van der Waals surface area contributed by atoms with E-state index in [1.54, 1.807) is 24.3 Å². The first-order chi connectivity index (χ1) is 14.0. The molecule has 1 amide bonds. The molecule has 1 aliphatic rings. The van der Waals surface area contributed by atoms with Crippen LogP contribution >= 0.6 is 0 Å². The summed E-state index contributed by atoms with van der Waals surface area (Å²) in [6.07, 6.45) is -0.655. The Morgan fingerprint density at radius 1 is 1.10 bits per heavy atom. The van der Waals surface area contributed by atoms with E-state index in [9.17, 15) is 14.7 Å².